The van der Waals surface area contributed by atoms with E-state index in [4.69, 9.17) is 26.4 Å². The summed E-state index contributed by atoms with van der Waals surface area (Å²) in [7, 11) is 4.66. The summed E-state index contributed by atoms with van der Waals surface area (Å²) in [4.78, 5) is 17.8. The van der Waals surface area contributed by atoms with Crippen LogP contribution in [-0.4, -0.2) is 37.3 Å². The van der Waals surface area contributed by atoms with Crippen molar-refractivity contribution >= 4 is 34.6 Å². The monoisotopic (exact) mass is 476 g/mol. The minimum Gasteiger partial charge on any atom is -0.496 e. The maximum absolute atomic E-state index is 13.7. The summed E-state index contributed by atoms with van der Waals surface area (Å²) in [5, 5.41) is 9.70. The zero-order valence-corrected chi connectivity index (χ0v) is 19.7. The number of rotatable bonds is 7. The number of nitrogens with zero attached hydrogens (tertiary/aromatic N) is 1. The van der Waals surface area contributed by atoms with Crippen LogP contribution in [0.5, 0.6) is 17.2 Å². The van der Waals surface area contributed by atoms with Crippen LogP contribution in [0.15, 0.2) is 72.6 Å². The molecule has 9 heteroatoms. The fraction of sp³-hybridized carbons (Fsp3) is 0.160. The molecular formula is C25H24N4O4S. The van der Waals surface area contributed by atoms with Crippen molar-refractivity contribution in [2.75, 3.05) is 26.6 Å². The minimum atomic E-state index is -0.643. The van der Waals surface area contributed by atoms with Crippen LogP contribution in [0.3, 0.4) is 0 Å². The lowest BCUT2D eigenvalue weighted by atomic mass is 9.91. The van der Waals surface area contributed by atoms with Gasteiger partial charge in [-0.05, 0) is 36.0 Å². The van der Waals surface area contributed by atoms with E-state index >= 15 is 0 Å². The van der Waals surface area contributed by atoms with Gasteiger partial charge in [0.05, 0.1) is 50.5 Å². The normalized spacial score (nSPS) is 15.1. The first kappa shape index (κ1) is 23.1. The number of hydrogen-bond acceptors (Lipinski definition) is 6. The van der Waals surface area contributed by atoms with Gasteiger partial charge >= 0.3 is 0 Å². The molecule has 1 atom stereocenters. The maximum atomic E-state index is 13.7. The van der Waals surface area contributed by atoms with Gasteiger partial charge in [0.25, 0.3) is 5.91 Å². The summed E-state index contributed by atoms with van der Waals surface area (Å²) in [6.07, 6.45) is 3.23. The topological polar surface area (TPSA) is 93.7 Å². The molecule has 0 saturated carbocycles. The van der Waals surface area contributed by atoms with Crippen LogP contribution >= 0.6 is 12.2 Å². The zero-order valence-electron chi connectivity index (χ0n) is 18.9. The fourth-order valence-corrected chi connectivity index (χ4v) is 4.01. The maximum Gasteiger partial charge on any atom is 0.256 e. The van der Waals surface area contributed by atoms with E-state index in [1.807, 2.05) is 30.3 Å². The van der Waals surface area contributed by atoms with E-state index in [-0.39, 0.29) is 5.91 Å². The molecule has 8 nitrogen and oxygen atoms in total. The van der Waals surface area contributed by atoms with E-state index in [0.29, 0.717) is 44.9 Å². The Morgan fingerprint density at radius 3 is 2.32 bits per heavy atom. The van der Waals surface area contributed by atoms with Crippen LogP contribution in [-0.2, 0) is 4.79 Å². The summed E-state index contributed by atoms with van der Waals surface area (Å²) in [5.74, 6) is 1.20. The number of hydrogen-bond donors (Lipinski definition) is 3. The van der Waals surface area contributed by atoms with Crippen molar-refractivity contribution in [1.29, 1.82) is 0 Å². The molecule has 0 fully saturated rings. The number of benzene rings is 2. The Bertz CT molecular complexity index is 1230. The first-order valence-corrected chi connectivity index (χ1v) is 10.8. The highest BCUT2D eigenvalue weighted by atomic mass is 32.1. The van der Waals surface area contributed by atoms with Crippen molar-refractivity contribution in [1.82, 2.24) is 15.6 Å². The predicted molar refractivity (Wildman–Crippen MR) is 134 cm³/mol. The Balaban J connectivity index is 1.91. The van der Waals surface area contributed by atoms with Crippen molar-refractivity contribution in [2.24, 2.45) is 0 Å². The Morgan fingerprint density at radius 2 is 1.68 bits per heavy atom. The van der Waals surface area contributed by atoms with Gasteiger partial charge in [-0.25, -0.2) is 0 Å². The van der Waals surface area contributed by atoms with Crippen LogP contribution in [0.25, 0.3) is 5.70 Å². The van der Waals surface area contributed by atoms with Gasteiger partial charge in [0, 0.05) is 17.8 Å². The molecule has 0 radical (unpaired) electrons. The number of ether oxygens (including phenoxy) is 3. The number of amides is 1. The molecular weight excluding hydrogens is 452 g/mol. The van der Waals surface area contributed by atoms with Gasteiger partial charge in [0.1, 0.15) is 5.75 Å². The quantitative estimate of drug-likeness (QED) is 0.445. The summed E-state index contributed by atoms with van der Waals surface area (Å²) in [6, 6.07) is 15.9. The van der Waals surface area contributed by atoms with Crippen molar-refractivity contribution in [3.63, 3.8) is 0 Å². The Labute approximate surface area is 202 Å². The Kier molecular flexibility index (Phi) is 6.93. The van der Waals surface area contributed by atoms with Gasteiger partial charge < -0.3 is 30.2 Å². The summed E-state index contributed by atoms with van der Waals surface area (Å²) >= 11 is 5.52. The van der Waals surface area contributed by atoms with E-state index in [1.165, 1.54) is 0 Å². The molecule has 4 rings (SSSR count). The number of carbonyl (C=O) groups is 1. The molecule has 0 aliphatic carbocycles. The van der Waals surface area contributed by atoms with Crippen LogP contribution in [0.1, 0.15) is 17.2 Å². The Morgan fingerprint density at radius 1 is 0.971 bits per heavy atom. The standard InChI is InChI=1S/C25H24N4O4S/c1-31-18-13-20(33-3)19(32-2)12-17(18)23-21(24(30)27-16-10-7-11-26-14-16)22(28-25(34)29-23)15-8-5-4-6-9-15/h4-14,23H,1-3H3,(H,27,30)(H2,28,29,34). The second-order valence-electron chi connectivity index (χ2n) is 7.33. The number of anilines is 1. The zero-order chi connectivity index (χ0) is 24.1. The van der Waals surface area contributed by atoms with E-state index in [2.05, 4.69) is 20.9 Å². The molecule has 1 unspecified atom stereocenters. The van der Waals surface area contributed by atoms with E-state index in [0.717, 1.165) is 5.56 Å². The summed E-state index contributed by atoms with van der Waals surface area (Å²) < 4.78 is 16.6. The predicted octanol–water partition coefficient (Wildman–Crippen LogP) is 3.68. The molecule has 0 saturated heterocycles. The van der Waals surface area contributed by atoms with Gasteiger partial charge in [0.2, 0.25) is 0 Å². The number of pyridine rings is 1. The number of thiocarbonyl (C=S) groups is 1. The lowest BCUT2D eigenvalue weighted by molar-refractivity contribution is -0.113. The Hall–Kier alpha value is -4.11. The largest absolute Gasteiger partial charge is 0.496 e. The third-order valence-corrected chi connectivity index (χ3v) is 5.57. The molecule has 1 aliphatic rings. The fourth-order valence-electron chi connectivity index (χ4n) is 3.79. The van der Waals surface area contributed by atoms with Crippen molar-refractivity contribution in [3.05, 3.63) is 83.7 Å². The molecule has 1 aromatic heterocycles. The first-order valence-electron chi connectivity index (χ1n) is 10.4. The van der Waals surface area contributed by atoms with Crippen LogP contribution in [0, 0.1) is 0 Å². The van der Waals surface area contributed by atoms with Crippen LogP contribution < -0.4 is 30.2 Å². The molecule has 174 valence electrons. The van der Waals surface area contributed by atoms with Crippen LogP contribution in [0.2, 0.25) is 0 Å². The molecule has 0 bridgehead atoms. The molecule has 3 aromatic rings. The highest BCUT2D eigenvalue weighted by Gasteiger charge is 2.34. The number of aromatic nitrogens is 1. The minimum absolute atomic E-state index is 0.323. The molecule has 34 heavy (non-hydrogen) atoms. The molecule has 3 N–H and O–H groups in total. The van der Waals surface area contributed by atoms with Crippen molar-refractivity contribution in [3.8, 4) is 17.2 Å². The van der Waals surface area contributed by atoms with Crippen LogP contribution in [0.4, 0.5) is 5.69 Å². The second kappa shape index (κ2) is 10.2. The summed E-state index contributed by atoms with van der Waals surface area (Å²) in [5.41, 5.74) is 3.06. The van der Waals surface area contributed by atoms with Crippen molar-refractivity contribution in [2.45, 2.75) is 6.04 Å². The molecule has 2 heterocycles. The smallest absolute Gasteiger partial charge is 0.256 e. The number of carbonyl (C=O) groups excluding carboxylic acids is 1. The highest BCUT2D eigenvalue weighted by molar-refractivity contribution is 7.80. The van der Waals surface area contributed by atoms with Gasteiger partial charge in [0.15, 0.2) is 16.6 Å². The lowest BCUT2D eigenvalue weighted by Crippen LogP contribution is -2.45. The van der Waals surface area contributed by atoms with Gasteiger partial charge in [-0.3, -0.25) is 9.78 Å². The first-order chi connectivity index (χ1) is 16.5. The SMILES string of the molecule is COc1cc(OC)c(C2NC(=S)NC(c3ccccc3)=C2C(=O)Nc2cccnc2)cc1OC. The van der Waals surface area contributed by atoms with E-state index in [9.17, 15) is 4.79 Å². The lowest BCUT2D eigenvalue weighted by Gasteiger charge is -2.32. The van der Waals surface area contributed by atoms with Gasteiger partial charge in [-0.2, -0.15) is 0 Å². The third kappa shape index (κ3) is 4.65. The second-order valence-corrected chi connectivity index (χ2v) is 7.74. The third-order valence-electron chi connectivity index (χ3n) is 5.35. The van der Waals surface area contributed by atoms with E-state index < -0.39 is 6.04 Å². The number of nitrogens with one attached hydrogen (secondary N) is 3. The van der Waals surface area contributed by atoms with E-state index in [1.54, 1.807) is 58.0 Å². The summed E-state index contributed by atoms with van der Waals surface area (Å²) in [6.45, 7) is 0. The molecule has 1 amide bonds. The van der Waals surface area contributed by atoms with Gasteiger partial charge in [-0.15, -0.1) is 0 Å². The van der Waals surface area contributed by atoms with Gasteiger partial charge in [-0.1, -0.05) is 30.3 Å². The molecule has 0 spiro atoms. The molecule has 1 aliphatic heterocycles. The average molecular weight is 477 g/mol. The van der Waals surface area contributed by atoms with Crippen molar-refractivity contribution < 1.29 is 19.0 Å². The highest BCUT2D eigenvalue weighted by Crippen LogP contribution is 2.42. The number of methoxy groups -OCH3 is 3. The average Bonchev–Trinajstić information content (AvgIpc) is 2.88. The molecule has 2 aromatic carbocycles.